The average molecular weight is 1450 g/mol. The number of benzene rings is 4. The third-order valence-corrected chi connectivity index (χ3v) is 15.9. The van der Waals surface area contributed by atoms with Crippen LogP contribution in [0.5, 0.6) is 23.0 Å². The van der Waals surface area contributed by atoms with E-state index >= 15 is 0 Å². The van der Waals surface area contributed by atoms with E-state index in [1.165, 1.54) is 69.9 Å². The Kier molecular flexibility index (Phi) is 35.7. The number of unbranched alkanes of at least 4 members (excludes halogenated alkanes) is 1. The molecule has 0 bridgehead atoms. The number of nitrogens with one attached hydrogen (secondary N) is 16. The number of carbonyl (C=O) groups is 9. The Morgan fingerprint density at radius 1 is 0.346 bits per heavy atom. The summed E-state index contributed by atoms with van der Waals surface area (Å²) >= 11 is 0. The monoisotopic (exact) mass is 1450 g/mol. The number of ketones is 4. The number of hydrogen-bond acceptors (Lipinski definition) is 19. The van der Waals surface area contributed by atoms with Crippen LogP contribution in [0.2, 0.25) is 0 Å². The molecular weight excluding hydrogens is 1350 g/mol. The molecule has 0 aromatic heterocycles. The highest BCUT2D eigenvalue weighted by Crippen LogP contribution is 2.27. The summed E-state index contributed by atoms with van der Waals surface area (Å²) in [7, 11) is 3.98. The molecule has 36 nitrogen and oxygen atoms in total. The lowest BCUT2D eigenvalue weighted by Crippen LogP contribution is -2.43. The summed E-state index contributed by atoms with van der Waals surface area (Å²) in [5.41, 5.74) is 39.6. The topological polar surface area (TPSA) is 636 Å². The van der Waals surface area contributed by atoms with Gasteiger partial charge in [0.05, 0.1) is 74.3 Å². The molecular formula is C68H99N23O13. The Morgan fingerprint density at radius 2 is 0.615 bits per heavy atom. The van der Waals surface area contributed by atoms with E-state index in [0.717, 1.165) is 0 Å². The van der Waals surface area contributed by atoms with E-state index in [-0.39, 0.29) is 209 Å². The van der Waals surface area contributed by atoms with Gasteiger partial charge in [-0.15, -0.1) is 0 Å². The lowest BCUT2D eigenvalue weighted by atomic mass is 9.96. The maximum absolute atomic E-state index is 14.6. The average Bonchev–Trinajstić information content (AvgIpc) is 0.836. The molecule has 0 aliphatic carbocycles. The number of rotatable bonds is 48. The first-order valence-electron chi connectivity index (χ1n) is 33.4. The molecule has 5 amide bonds. The highest BCUT2D eigenvalue weighted by molar-refractivity contribution is 6.04. The van der Waals surface area contributed by atoms with Crippen LogP contribution in [0, 0.1) is 32.5 Å². The Bertz CT molecular complexity index is 3740. The molecule has 0 radical (unpaired) electrons. The number of Topliss-reactive ketones (excluding diaryl/α,β-unsaturated/α-hetero) is 4. The minimum atomic E-state index is -1.22. The van der Waals surface area contributed by atoms with Crippen molar-refractivity contribution in [2.45, 2.75) is 120 Å². The van der Waals surface area contributed by atoms with Gasteiger partial charge >= 0.3 is 0 Å². The summed E-state index contributed by atoms with van der Waals surface area (Å²) in [6.45, 7) is 1.26. The standard InChI is InChI=1S/C68H99N23O13/c1-101-54-19-15-39(35-50(92)46(10-6-24-83-64(72)73)88-58(96)14-4-5-23-82-63(70)71)31-43(54)60(98)90-48(12-8-26-85-66(76)77)52(94)37-41-17-21-56(103-3)45(33-41)62(100)91-49(13-9-27-86-67(78)79)53(95)36-40-16-20-55(102-2)44(32-40)61(99)89-47(11-7-25-84-65(74)75)51(93)34-38-18-22-57(42(30-38)59(69)97)104-29-28-87-68(80)81/h15-22,30-33,46-49H,4-14,23-29,34-37H2,1-3H3,(H2,69,97)(H,88,96)(H,89,99)(H,90,98)(H,91,100)(H4,70,71,82)(H4,72,73,83)(H4,74,75,84)(H4,76,77,85)(H4,78,79,86)(H4,80,81,87)/t46-,47-,48-,49-/m1/s1. The quantitative estimate of drug-likeness (QED) is 0.0139. The van der Waals surface area contributed by atoms with Crippen LogP contribution in [0.1, 0.15) is 134 Å². The van der Waals surface area contributed by atoms with E-state index in [0.29, 0.717) is 48.1 Å². The van der Waals surface area contributed by atoms with Crippen molar-refractivity contribution in [3.8, 4) is 23.0 Å². The lowest BCUT2D eigenvalue weighted by molar-refractivity contribution is -0.127. The number of ether oxygens (including phenoxy) is 4. The van der Waals surface area contributed by atoms with Gasteiger partial charge in [-0.05, 0) is 135 Å². The molecule has 564 valence electrons. The SMILES string of the molecule is COc1ccc(CC(=O)[C@@H](CCCNC(=N)N)NC(=O)CCCCNC(=N)N)cc1C(=O)N[C@H](CCCNC(=N)N)C(=O)Cc1ccc(OC)c(C(=O)N[C@H](CCCNC(=N)N)C(=O)Cc2ccc(OC)c(C(=O)N[C@H](CCCNC(=N)N)C(=O)Cc3ccc(OCCNC(=N)N)c(C(N)=O)c3)c2)c1. The lowest BCUT2D eigenvalue weighted by Gasteiger charge is -2.21. The third-order valence-electron chi connectivity index (χ3n) is 15.9. The highest BCUT2D eigenvalue weighted by Gasteiger charge is 2.30. The van der Waals surface area contributed by atoms with E-state index < -0.39 is 65.1 Å². The Balaban J connectivity index is 1.60. The molecule has 0 saturated heterocycles. The van der Waals surface area contributed by atoms with Gasteiger partial charge in [-0.2, -0.15) is 0 Å². The smallest absolute Gasteiger partial charge is 0.255 e. The zero-order valence-corrected chi connectivity index (χ0v) is 58.6. The van der Waals surface area contributed by atoms with Crippen molar-refractivity contribution in [2.24, 2.45) is 40.1 Å². The van der Waals surface area contributed by atoms with Crippen LogP contribution in [0.3, 0.4) is 0 Å². The minimum absolute atomic E-state index is 0.0138. The Morgan fingerprint density at radius 3 is 0.904 bits per heavy atom. The number of nitrogens with two attached hydrogens (primary N) is 7. The van der Waals surface area contributed by atoms with Crippen LogP contribution >= 0.6 is 0 Å². The largest absolute Gasteiger partial charge is 0.496 e. The minimum Gasteiger partial charge on any atom is -0.496 e. The summed E-state index contributed by atoms with van der Waals surface area (Å²) < 4.78 is 22.4. The van der Waals surface area contributed by atoms with Gasteiger partial charge in [0.25, 0.3) is 23.6 Å². The fourth-order valence-electron chi connectivity index (χ4n) is 10.8. The second-order valence-corrected chi connectivity index (χ2v) is 24.0. The van der Waals surface area contributed by atoms with Gasteiger partial charge in [-0.25, -0.2) is 0 Å². The number of amides is 5. The summed E-state index contributed by atoms with van der Waals surface area (Å²) in [6.07, 6.45) is 1.21. The number of carbonyl (C=O) groups excluding carboxylic acids is 9. The van der Waals surface area contributed by atoms with Crippen LogP contribution in [-0.4, -0.2) is 180 Å². The van der Waals surface area contributed by atoms with E-state index in [9.17, 15) is 43.2 Å². The summed E-state index contributed by atoms with van der Waals surface area (Å²) in [5.74, 6) is -6.73. The zero-order valence-electron chi connectivity index (χ0n) is 58.6. The number of primary amides is 1. The van der Waals surface area contributed by atoms with E-state index in [2.05, 4.69) is 53.2 Å². The molecule has 0 fully saturated rings. The van der Waals surface area contributed by atoms with Crippen LogP contribution < -0.4 is 112 Å². The molecule has 0 aliphatic heterocycles. The van der Waals surface area contributed by atoms with Crippen LogP contribution in [0.25, 0.3) is 0 Å². The summed E-state index contributed by atoms with van der Waals surface area (Å²) in [6, 6.07) is 13.2. The molecule has 0 unspecified atom stereocenters. The first-order chi connectivity index (χ1) is 49.5. The van der Waals surface area contributed by atoms with E-state index in [1.54, 1.807) is 24.3 Å². The second kappa shape index (κ2) is 44.1. The molecule has 4 rings (SSSR count). The zero-order chi connectivity index (χ0) is 76.8. The fourth-order valence-corrected chi connectivity index (χ4v) is 10.8. The van der Waals surface area contributed by atoms with Gasteiger partial charge in [0, 0.05) is 64.8 Å². The molecule has 4 aromatic rings. The van der Waals surface area contributed by atoms with Gasteiger partial charge < -0.3 is 112 Å². The van der Waals surface area contributed by atoms with E-state index in [1.807, 2.05) is 0 Å². The van der Waals surface area contributed by atoms with Gasteiger partial charge in [-0.3, -0.25) is 75.6 Å². The molecule has 0 heterocycles. The van der Waals surface area contributed by atoms with Crippen LogP contribution in [0.4, 0.5) is 0 Å². The highest BCUT2D eigenvalue weighted by atomic mass is 16.5. The van der Waals surface area contributed by atoms with Crippen molar-refractivity contribution in [1.82, 2.24) is 53.2 Å². The number of methoxy groups -OCH3 is 3. The summed E-state index contributed by atoms with van der Waals surface area (Å²) in [4.78, 5) is 126. The van der Waals surface area contributed by atoms with Crippen molar-refractivity contribution in [2.75, 3.05) is 67.2 Å². The molecule has 4 atom stereocenters. The van der Waals surface area contributed by atoms with Crippen LogP contribution in [-0.2, 0) is 49.7 Å². The van der Waals surface area contributed by atoms with Gasteiger partial charge in [-0.1, -0.05) is 24.3 Å². The van der Waals surface area contributed by atoms with Crippen molar-refractivity contribution < 1.29 is 62.1 Å². The molecule has 0 spiro atoms. The maximum atomic E-state index is 14.6. The first-order valence-corrected chi connectivity index (χ1v) is 33.4. The number of hydrogen-bond donors (Lipinski definition) is 23. The van der Waals surface area contributed by atoms with Crippen molar-refractivity contribution in [1.29, 1.82) is 32.5 Å². The molecule has 104 heavy (non-hydrogen) atoms. The third kappa shape index (κ3) is 30.3. The molecule has 0 aliphatic rings. The summed E-state index contributed by atoms with van der Waals surface area (Å²) in [5, 5.41) is 72.2. The van der Waals surface area contributed by atoms with E-state index in [4.69, 9.17) is 91.5 Å². The van der Waals surface area contributed by atoms with Crippen molar-refractivity contribution >= 4 is 88.4 Å². The van der Waals surface area contributed by atoms with Crippen molar-refractivity contribution in [3.63, 3.8) is 0 Å². The number of guanidine groups is 6. The maximum Gasteiger partial charge on any atom is 0.255 e. The van der Waals surface area contributed by atoms with Gasteiger partial charge in [0.2, 0.25) is 5.91 Å². The van der Waals surface area contributed by atoms with Crippen LogP contribution in [0.15, 0.2) is 72.8 Å². The van der Waals surface area contributed by atoms with Gasteiger partial charge in [0.15, 0.2) is 58.9 Å². The molecule has 0 saturated carbocycles. The first kappa shape index (κ1) is 84.1. The molecule has 36 heteroatoms. The second-order valence-electron chi connectivity index (χ2n) is 24.0. The Hall–Kier alpha value is -12.3. The molecule has 30 N–H and O–H groups in total. The Labute approximate surface area is 602 Å². The van der Waals surface area contributed by atoms with Crippen molar-refractivity contribution in [3.05, 3.63) is 117 Å². The predicted molar refractivity (Wildman–Crippen MR) is 390 cm³/mol. The molecule has 4 aromatic carbocycles. The predicted octanol–water partition coefficient (Wildman–Crippen LogP) is -1.29. The fraction of sp³-hybridized carbons (Fsp3) is 0.426. The van der Waals surface area contributed by atoms with Gasteiger partial charge in [0.1, 0.15) is 29.6 Å². The normalized spacial score (nSPS) is 11.8.